The van der Waals surface area contributed by atoms with Gasteiger partial charge in [0.15, 0.2) is 0 Å². The molecule has 1 aliphatic carbocycles. The highest BCUT2D eigenvalue weighted by Gasteiger charge is 2.27. The molecular weight excluding hydrogens is 230 g/mol. The number of hydrogen-bond acceptors (Lipinski definition) is 6. The van der Waals surface area contributed by atoms with Crippen molar-refractivity contribution in [1.29, 1.82) is 0 Å². The zero-order valence-corrected chi connectivity index (χ0v) is 10.9. The number of nitrogens with two attached hydrogens (primary N) is 1. The monoisotopic (exact) mass is 251 g/mol. The maximum atomic E-state index is 5.42. The van der Waals surface area contributed by atoms with Crippen molar-refractivity contribution in [3.8, 4) is 0 Å². The predicted octanol–water partition coefficient (Wildman–Crippen LogP) is 1.33. The second kappa shape index (κ2) is 5.97. The average Bonchev–Trinajstić information content (AvgIpc) is 3.20. The number of aromatic nitrogens is 2. The number of hydrazine groups is 1. The van der Waals surface area contributed by atoms with Crippen LogP contribution in [0.3, 0.4) is 0 Å². The quantitative estimate of drug-likeness (QED) is 0.501. The zero-order chi connectivity index (χ0) is 13.0. The van der Waals surface area contributed by atoms with Gasteiger partial charge in [0.2, 0.25) is 0 Å². The Morgan fingerprint density at radius 1 is 1.44 bits per heavy atom. The molecule has 1 heterocycles. The molecule has 100 valence electrons. The van der Waals surface area contributed by atoms with Gasteiger partial charge in [0.25, 0.3) is 0 Å². The lowest BCUT2D eigenvalue weighted by molar-refractivity contribution is 0.164. The third kappa shape index (κ3) is 3.54. The molecule has 18 heavy (non-hydrogen) atoms. The summed E-state index contributed by atoms with van der Waals surface area (Å²) in [5.41, 5.74) is 2.59. The van der Waals surface area contributed by atoms with Crippen molar-refractivity contribution >= 4 is 11.6 Å². The average molecular weight is 251 g/mol. The Hall–Kier alpha value is -1.40. The van der Waals surface area contributed by atoms with E-state index in [-0.39, 0.29) is 0 Å². The van der Waals surface area contributed by atoms with Crippen molar-refractivity contribution in [2.45, 2.75) is 25.7 Å². The van der Waals surface area contributed by atoms with Gasteiger partial charge in [-0.2, -0.15) is 0 Å². The molecule has 4 N–H and O–H groups in total. The molecule has 1 unspecified atom stereocenters. The Balaban J connectivity index is 2.00. The molecule has 1 aromatic rings. The van der Waals surface area contributed by atoms with Gasteiger partial charge in [-0.25, -0.2) is 15.8 Å². The van der Waals surface area contributed by atoms with Crippen LogP contribution in [0.15, 0.2) is 6.07 Å². The normalized spacial score (nSPS) is 16.4. The molecular formula is C12H21N5O. The van der Waals surface area contributed by atoms with E-state index in [0.29, 0.717) is 17.7 Å². The molecule has 0 aromatic carbocycles. The number of nitrogens with zero attached hydrogens (tertiary/aromatic N) is 2. The van der Waals surface area contributed by atoms with Crippen molar-refractivity contribution in [3.63, 3.8) is 0 Å². The third-order valence-electron chi connectivity index (χ3n) is 2.92. The van der Waals surface area contributed by atoms with Gasteiger partial charge in [0.05, 0.1) is 6.61 Å². The molecule has 1 atom stereocenters. The number of hydrogen-bond donors (Lipinski definition) is 3. The van der Waals surface area contributed by atoms with Gasteiger partial charge < -0.3 is 15.5 Å². The van der Waals surface area contributed by atoms with Crippen LogP contribution in [0, 0.1) is 5.92 Å². The van der Waals surface area contributed by atoms with E-state index in [1.807, 2.05) is 6.07 Å². The van der Waals surface area contributed by atoms with Crippen LogP contribution in [-0.2, 0) is 4.74 Å². The number of ether oxygens (including phenoxy) is 1. The van der Waals surface area contributed by atoms with Crippen LogP contribution in [0.5, 0.6) is 0 Å². The van der Waals surface area contributed by atoms with E-state index < -0.39 is 0 Å². The van der Waals surface area contributed by atoms with Gasteiger partial charge in [0, 0.05) is 25.6 Å². The maximum absolute atomic E-state index is 5.42. The first kappa shape index (κ1) is 13.0. The molecule has 0 saturated heterocycles. The van der Waals surface area contributed by atoms with Gasteiger partial charge in [-0.05, 0) is 18.8 Å². The van der Waals surface area contributed by atoms with Gasteiger partial charge >= 0.3 is 0 Å². The van der Waals surface area contributed by atoms with E-state index in [4.69, 9.17) is 10.6 Å². The number of methoxy groups -OCH3 is 1. The van der Waals surface area contributed by atoms with Gasteiger partial charge in [0.1, 0.15) is 17.5 Å². The van der Waals surface area contributed by atoms with Crippen molar-refractivity contribution < 1.29 is 4.74 Å². The number of rotatable bonds is 7. The fraction of sp³-hybridized carbons (Fsp3) is 0.667. The highest BCUT2D eigenvalue weighted by Crippen LogP contribution is 2.38. The van der Waals surface area contributed by atoms with Crippen LogP contribution >= 0.6 is 0 Å². The molecule has 0 aliphatic heterocycles. The molecule has 1 aliphatic rings. The van der Waals surface area contributed by atoms with Gasteiger partial charge in [-0.3, -0.25) is 0 Å². The summed E-state index contributed by atoms with van der Waals surface area (Å²) >= 11 is 0. The number of nitrogen functional groups attached to an aromatic ring is 1. The lowest BCUT2D eigenvalue weighted by Gasteiger charge is -2.13. The number of anilines is 2. The summed E-state index contributed by atoms with van der Waals surface area (Å²) < 4.78 is 5.10. The first-order chi connectivity index (χ1) is 8.72. The fourth-order valence-electron chi connectivity index (χ4n) is 1.78. The Bertz CT molecular complexity index is 394. The topological polar surface area (TPSA) is 85.1 Å². The molecule has 1 fully saturated rings. The summed E-state index contributed by atoms with van der Waals surface area (Å²) in [6.07, 6.45) is 2.35. The van der Waals surface area contributed by atoms with Gasteiger partial charge in [-0.1, -0.05) is 6.92 Å². The summed E-state index contributed by atoms with van der Waals surface area (Å²) in [7, 11) is 1.71. The predicted molar refractivity (Wildman–Crippen MR) is 71.3 cm³/mol. The molecule has 0 radical (unpaired) electrons. The van der Waals surface area contributed by atoms with E-state index in [1.165, 1.54) is 12.8 Å². The molecule has 0 bridgehead atoms. The highest BCUT2D eigenvalue weighted by atomic mass is 16.5. The summed E-state index contributed by atoms with van der Waals surface area (Å²) in [6.45, 7) is 3.68. The van der Waals surface area contributed by atoms with E-state index in [9.17, 15) is 0 Å². The molecule has 1 aromatic heterocycles. The van der Waals surface area contributed by atoms with Crippen molar-refractivity contribution in [1.82, 2.24) is 9.97 Å². The molecule has 2 rings (SSSR count). The van der Waals surface area contributed by atoms with E-state index >= 15 is 0 Å². The van der Waals surface area contributed by atoms with Crippen molar-refractivity contribution in [2.75, 3.05) is 31.0 Å². The first-order valence-electron chi connectivity index (χ1n) is 6.31. The first-order valence-corrected chi connectivity index (χ1v) is 6.31. The zero-order valence-electron chi connectivity index (χ0n) is 10.9. The van der Waals surface area contributed by atoms with Crippen LogP contribution in [0.1, 0.15) is 31.5 Å². The minimum Gasteiger partial charge on any atom is -0.384 e. The molecule has 6 heteroatoms. The lowest BCUT2D eigenvalue weighted by Crippen LogP contribution is -2.18. The summed E-state index contributed by atoms with van der Waals surface area (Å²) in [4.78, 5) is 8.88. The summed E-state index contributed by atoms with van der Waals surface area (Å²) in [6, 6.07) is 1.82. The van der Waals surface area contributed by atoms with Gasteiger partial charge in [-0.15, -0.1) is 0 Å². The van der Waals surface area contributed by atoms with E-state index in [0.717, 1.165) is 24.8 Å². The van der Waals surface area contributed by atoms with E-state index in [1.54, 1.807) is 7.11 Å². The van der Waals surface area contributed by atoms with Crippen LogP contribution in [-0.4, -0.2) is 30.2 Å². The van der Waals surface area contributed by atoms with Crippen LogP contribution in [0.2, 0.25) is 0 Å². The second-order valence-electron chi connectivity index (χ2n) is 4.86. The molecule has 0 amide bonds. The SMILES string of the molecule is COCC(C)CNc1cc(NN)nc(C2CC2)n1. The molecule has 1 saturated carbocycles. The Morgan fingerprint density at radius 3 is 2.78 bits per heavy atom. The van der Waals surface area contributed by atoms with Crippen LogP contribution < -0.4 is 16.6 Å². The number of nitrogens with one attached hydrogen (secondary N) is 2. The minimum atomic E-state index is 0.434. The standard InChI is InChI=1S/C12H21N5O/c1-8(7-18-2)6-14-10-5-11(17-13)16-12(15-10)9-3-4-9/h5,8-9H,3-4,6-7,13H2,1-2H3,(H2,14,15,16,17). The summed E-state index contributed by atoms with van der Waals surface area (Å²) in [5.74, 6) is 8.73. The Labute approximate surface area is 107 Å². The summed E-state index contributed by atoms with van der Waals surface area (Å²) in [5, 5.41) is 3.30. The smallest absolute Gasteiger partial charge is 0.145 e. The van der Waals surface area contributed by atoms with Crippen molar-refractivity contribution in [2.24, 2.45) is 11.8 Å². The lowest BCUT2D eigenvalue weighted by atomic mass is 10.2. The highest BCUT2D eigenvalue weighted by molar-refractivity contribution is 5.47. The second-order valence-corrected chi connectivity index (χ2v) is 4.86. The third-order valence-corrected chi connectivity index (χ3v) is 2.92. The van der Waals surface area contributed by atoms with Crippen LogP contribution in [0.4, 0.5) is 11.6 Å². The maximum Gasteiger partial charge on any atom is 0.145 e. The Kier molecular flexibility index (Phi) is 4.33. The van der Waals surface area contributed by atoms with Crippen molar-refractivity contribution in [3.05, 3.63) is 11.9 Å². The molecule has 0 spiro atoms. The van der Waals surface area contributed by atoms with Crippen LogP contribution in [0.25, 0.3) is 0 Å². The largest absolute Gasteiger partial charge is 0.384 e. The van der Waals surface area contributed by atoms with E-state index in [2.05, 4.69) is 27.6 Å². The fourth-order valence-corrected chi connectivity index (χ4v) is 1.78. The molecule has 6 nitrogen and oxygen atoms in total. The Morgan fingerprint density at radius 2 is 2.17 bits per heavy atom. The minimum absolute atomic E-state index is 0.434.